The molecule has 1 saturated heterocycles. The number of amides is 3. The lowest BCUT2D eigenvalue weighted by Gasteiger charge is -2.43. The van der Waals surface area contributed by atoms with Gasteiger partial charge in [-0.3, -0.25) is 24.1 Å². The van der Waals surface area contributed by atoms with Gasteiger partial charge in [0.05, 0.1) is 33.8 Å². The second kappa shape index (κ2) is 11.5. The van der Waals surface area contributed by atoms with Gasteiger partial charge in [0, 0.05) is 26.6 Å². The molecule has 246 valence electrons. The molecular formula is C34H25ClF3N3O5S2. The van der Waals surface area contributed by atoms with Crippen LogP contribution in [-0.2, 0) is 20.6 Å². The Balaban J connectivity index is 1.13. The van der Waals surface area contributed by atoms with E-state index in [0.29, 0.717) is 27.7 Å². The first-order valence-electron chi connectivity index (χ1n) is 15.2. The Morgan fingerprint density at radius 1 is 0.979 bits per heavy atom. The van der Waals surface area contributed by atoms with Crippen molar-refractivity contribution in [1.29, 1.82) is 0 Å². The minimum atomic E-state index is -4.66. The lowest BCUT2D eigenvalue weighted by atomic mass is 9.68. The van der Waals surface area contributed by atoms with Crippen molar-refractivity contribution in [1.82, 2.24) is 4.98 Å². The topological polar surface area (TPSA) is 109 Å². The Bertz CT molecular complexity index is 2040. The van der Waals surface area contributed by atoms with Crippen molar-refractivity contribution in [3.05, 3.63) is 103 Å². The maximum atomic E-state index is 14.0. The summed E-state index contributed by atoms with van der Waals surface area (Å²) >= 11 is 9.12. The SMILES string of the molecule is O=C(COc1ccc(Cl)cc1[C@H]1c2sc(=O)[nH]c2SC2C3CC(C4C(=O)N(c5ccccc5)C(=O)C34)C21)Nc1ccccc1C(F)(F)F. The molecule has 2 aliphatic carbocycles. The maximum Gasteiger partial charge on any atom is 0.418 e. The number of H-pyrrole nitrogens is 1. The molecule has 1 aromatic heterocycles. The number of fused-ring (bicyclic) bond motifs is 9. The van der Waals surface area contributed by atoms with Gasteiger partial charge in [-0.25, -0.2) is 0 Å². The van der Waals surface area contributed by atoms with E-state index in [4.69, 9.17) is 16.3 Å². The molecule has 2 aliphatic heterocycles. The molecule has 14 heteroatoms. The number of hydrogen-bond acceptors (Lipinski definition) is 7. The minimum Gasteiger partial charge on any atom is -0.483 e. The fourth-order valence-electron chi connectivity index (χ4n) is 8.26. The number of alkyl halides is 3. The van der Waals surface area contributed by atoms with Crippen LogP contribution in [0.25, 0.3) is 0 Å². The van der Waals surface area contributed by atoms with Crippen molar-refractivity contribution < 1.29 is 32.3 Å². The lowest BCUT2D eigenvalue weighted by Crippen LogP contribution is -2.42. The maximum absolute atomic E-state index is 14.0. The van der Waals surface area contributed by atoms with Gasteiger partial charge in [-0.1, -0.05) is 53.3 Å². The van der Waals surface area contributed by atoms with E-state index in [1.807, 2.05) is 6.07 Å². The van der Waals surface area contributed by atoms with E-state index >= 15 is 0 Å². The van der Waals surface area contributed by atoms with Crippen LogP contribution in [0.2, 0.25) is 5.02 Å². The number of aromatic amines is 1. The van der Waals surface area contributed by atoms with E-state index in [-0.39, 0.29) is 51.1 Å². The molecule has 6 unspecified atom stereocenters. The van der Waals surface area contributed by atoms with Gasteiger partial charge in [-0.15, -0.1) is 11.8 Å². The Morgan fingerprint density at radius 3 is 2.44 bits per heavy atom. The number of rotatable bonds is 6. The zero-order valence-electron chi connectivity index (χ0n) is 24.7. The Hall–Kier alpha value is -4.07. The lowest BCUT2D eigenvalue weighted by molar-refractivity contribution is -0.137. The molecule has 4 aromatic rings. The van der Waals surface area contributed by atoms with Crippen LogP contribution in [0.4, 0.5) is 24.5 Å². The summed E-state index contributed by atoms with van der Waals surface area (Å²) in [6.45, 7) is -0.595. The number of anilines is 2. The molecule has 48 heavy (non-hydrogen) atoms. The van der Waals surface area contributed by atoms with Crippen LogP contribution < -0.4 is 19.8 Å². The van der Waals surface area contributed by atoms with E-state index in [9.17, 15) is 32.3 Å². The van der Waals surface area contributed by atoms with Crippen molar-refractivity contribution in [2.24, 2.45) is 29.6 Å². The predicted octanol–water partition coefficient (Wildman–Crippen LogP) is 6.80. The highest BCUT2D eigenvalue weighted by molar-refractivity contribution is 8.00. The van der Waals surface area contributed by atoms with E-state index < -0.39 is 42.0 Å². The third kappa shape index (κ3) is 4.97. The van der Waals surface area contributed by atoms with Gasteiger partial charge >= 0.3 is 11.0 Å². The summed E-state index contributed by atoms with van der Waals surface area (Å²) in [5, 5.41) is 3.26. The Kier molecular flexibility index (Phi) is 7.49. The van der Waals surface area contributed by atoms with Crippen molar-refractivity contribution in [3.63, 3.8) is 0 Å². The molecule has 8 nitrogen and oxygen atoms in total. The number of nitrogens with one attached hydrogen (secondary N) is 2. The summed E-state index contributed by atoms with van der Waals surface area (Å²) in [5.41, 5.74) is -0.232. The van der Waals surface area contributed by atoms with E-state index in [0.717, 1.165) is 22.3 Å². The number of carbonyl (C=O) groups excluding carboxylic acids is 3. The molecule has 3 heterocycles. The first-order valence-corrected chi connectivity index (χ1v) is 17.3. The van der Waals surface area contributed by atoms with Gasteiger partial charge in [-0.2, -0.15) is 13.2 Å². The number of para-hydroxylation sites is 2. The number of nitrogens with zero attached hydrogens (tertiary/aromatic N) is 1. The van der Waals surface area contributed by atoms with Crippen LogP contribution in [0.3, 0.4) is 0 Å². The summed E-state index contributed by atoms with van der Waals surface area (Å²) in [6, 6.07) is 18.5. The van der Waals surface area contributed by atoms with E-state index in [1.54, 1.807) is 42.5 Å². The first kappa shape index (κ1) is 31.2. The van der Waals surface area contributed by atoms with Crippen molar-refractivity contribution >= 4 is 63.8 Å². The highest BCUT2D eigenvalue weighted by Crippen LogP contribution is 2.69. The fourth-order valence-corrected chi connectivity index (χ4v) is 11.3. The summed E-state index contributed by atoms with van der Waals surface area (Å²) in [4.78, 5) is 58.2. The van der Waals surface area contributed by atoms with Crippen molar-refractivity contribution in [2.75, 3.05) is 16.8 Å². The summed E-state index contributed by atoms with van der Waals surface area (Å²) in [5.74, 6) is -2.84. The van der Waals surface area contributed by atoms with Gasteiger partial charge in [0.1, 0.15) is 5.75 Å². The van der Waals surface area contributed by atoms with E-state index in [1.165, 1.54) is 34.9 Å². The zero-order chi connectivity index (χ0) is 33.5. The number of hydrogen-bond donors (Lipinski definition) is 2. The molecule has 3 fully saturated rings. The molecular weight excluding hydrogens is 687 g/mol. The van der Waals surface area contributed by atoms with Gasteiger partial charge in [0.2, 0.25) is 11.8 Å². The molecule has 3 aromatic carbocycles. The standard InChI is InChI=1S/C34H25ClF3N3O5S2/c35-15-10-11-22(46-14-23(42)39-21-9-5-4-8-20(21)34(36,37)38)17(12-15)24-25-18-13-19(28(25)47-30-29(24)48-33(45)40-30)27-26(18)31(43)41(32(27)44)16-6-2-1-3-7-16/h1-12,18-19,24-28H,13-14H2,(H,39,42)(H,40,45)/t18?,19?,24-,25?,26?,27?,28?/m1/s1. The molecule has 3 amide bonds. The van der Waals surface area contributed by atoms with Gasteiger partial charge in [-0.05, 0) is 66.6 Å². The van der Waals surface area contributed by atoms with Crippen molar-refractivity contribution in [2.45, 2.75) is 28.8 Å². The third-order valence-electron chi connectivity index (χ3n) is 9.91. The van der Waals surface area contributed by atoms with Crippen LogP contribution >= 0.6 is 34.7 Å². The van der Waals surface area contributed by atoms with Crippen LogP contribution in [0.5, 0.6) is 5.75 Å². The smallest absolute Gasteiger partial charge is 0.418 e. The highest BCUT2D eigenvalue weighted by Gasteiger charge is 2.70. The number of thioether (sulfide) groups is 1. The number of benzene rings is 3. The molecule has 4 aliphatic rings. The number of thiazole rings is 1. The van der Waals surface area contributed by atoms with Crippen LogP contribution in [0, 0.1) is 29.6 Å². The third-order valence-corrected chi connectivity index (χ3v) is 12.7. The van der Waals surface area contributed by atoms with Gasteiger partial charge < -0.3 is 15.0 Å². The average Bonchev–Trinajstić information content (AvgIpc) is 3.79. The summed E-state index contributed by atoms with van der Waals surface area (Å²) < 4.78 is 46.5. The first-order chi connectivity index (χ1) is 23.0. The number of carbonyl (C=O) groups is 3. The largest absolute Gasteiger partial charge is 0.483 e. The quantitative estimate of drug-likeness (QED) is 0.213. The number of ether oxygens (including phenoxy) is 1. The van der Waals surface area contributed by atoms with Crippen LogP contribution in [0.1, 0.15) is 28.3 Å². The van der Waals surface area contributed by atoms with Crippen LogP contribution in [-0.4, -0.2) is 34.6 Å². The second-order valence-electron chi connectivity index (χ2n) is 12.4. The molecule has 8 rings (SSSR count). The van der Waals surface area contributed by atoms with Gasteiger partial charge in [0.15, 0.2) is 6.61 Å². The normalized spacial score (nSPS) is 27.1. The number of halogens is 4. The molecule has 2 N–H and O–H groups in total. The Morgan fingerprint density at radius 2 is 1.69 bits per heavy atom. The molecule has 2 saturated carbocycles. The molecule has 0 spiro atoms. The minimum absolute atomic E-state index is 0.0968. The monoisotopic (exact) mass is 711 g/mol. The summed E-state index contributed by atoms with van der Waals surface area (Å²) in [6.07, 6.45) is -3.99. The fraction of sp³-hybridized carbons (Fsp3) is 0.294. The van der Waals surface area contributed by atoms with Crippen LogP contribution in [0.15, 0.2) is 82.6 Å². The number of imide groups is 1. The zero-order valence-corrected chi connectivity index (χ0v) is 27.1. The molecule has 0 radical (unpaired) electrons. The average molecular weight is 712 g/mol. The summed E-state index contributed by atoms with van der Waals surface area (Å²) in [7, 11) is 0. The molecule has 2 bridgehead atoms. The Labute approximate surface area is 284 Å². The van der Waals surface area contributed by atoms with Crippen molar-refractivity contribution in [3.8, 4) is 5.75 Å². The predicted molar refractivity (Wildman–Crippen MR) is 174 cm³/mol. The number of aromatic nitrogens is 1. The van der Waals surface area contributed by atoms with E-state index in [2.05, 4.69) is 10.3 Å². The van der Waals surface area contributed by atoms with Gasteiger partial charge in [0.25, 0.3) is 5.91 Å². The molecule has 7 atom stereocenters. The second-order valence-corrected chi connectivity index (χ2v) is 15.0. The highest BCUT2D eigenvalue weighted by atomic mass is 35.5.